The minimum absolute atomic E-state index is 0.117. The lowest BCUT2D eigenvalue weighted by Gasteiger charge is -2.14. The van der Waals surface area contributed by atoms with E-state index in [1.165, 1.54) is 0 Å². The predicted molar refractivity (Wildman–Crippen MR) is 77.7 cm³/mol. The van der Waals surface area contributed by atoms with E-state index in [0.29, 0.717) is 0 Å². The van der Waals surface area contributed by atoms with Gasteiger partial charge >= 0.3 is 5.97 Å². The standard InChI is InChI=1S/C16H16N2O3/c19-15(10-13-7-4-8-17-11-13)18-14(16(20)21)9-12-5-2-1-3-6-12/h1-8,11,14H,9-10H2,(H,18,19)(H,20,21). The van der Waals surface area contributed by atoms with Crippen molar-refractivity contribution in [2.45, 2.75) is 18.9 Å². The van der Waals surface area contributed by atoms with E-state index in [4.69, 9.17) is 0 Å². The van der Waals surface area contributed by atoms with Crippen LogP contribution < -0.4 is 5.32 Å². The number of carboxylic acid groups (broad SMARTS) is 1. The van der Waals surface area contributed by atoms with Gasteiger partial charge in [-0.15, -0.1) is 0 Å². The summed E-state index contributed by atoms with van der Waals surface area (Å²) in [5.74, 6) is -1.37. The van der Waals surface area contributed by atoms with Gasteiger partial charge in [-0.3, -0.25) is 9.78 Å². The van der Waals surface area contributed by atoms with Gasteiger partial charge in [0.25, 0.3) is 0 Å². The molecule has 0 radical (unpaired) electrons. The summed E-state index contributed by atoms with van der Waals surface area (Å²) in [7, 11) is 0. The third kappa shape index (κ3) is 4.72. The number of hydrogen-bond donors (Lipinski definition) is 2. The molecule has 21 heavy (non-hydrogen) atoms. The van der Waals surface area contributed by atoms with Gasteiger partial charge in [0.15, 0.2) is 0 Å². The molecule has 0 aliphatic carbocycles. The number of carbonyl (C=O) groups excluding carboxylic acids is 1. The molecule has 2 aromatic rings. The molecular weight excluding hydrogens is 268 g/mol. The fourth-order valence-electron chi connectivity index (χ4n) is 1.98. The molecule has 1 amide bonds. The molecule has 108 valence electrons. The summed E-state index contributed by atoms with van der Waals surface area (Å²) in [5, 5.41) is 11.8. The average Bonchev–Trinajstić information content (AvgIpc) is 2.48. The molecule has 0 saturated carbocycles. The van der Waals surface area contributed by atoms with E-state index in [-0.39, 0.29) is 18.7 Å². The fraction of sp³-hybridized carbons (Fsp3) is 0.188. The van der Waals surface area contributed by atoms with Crippen LogP contribution in [0.2, 0.25) is 0 Å². The first-order valence-electron chi connectivity index (χ1n) is 6.60. The van der Waals surface area contributed by atoms with Gasteiger partial charge in [-0.25, -0.2) is 4.79 Å². The Morgan fingerprint density at radius 1 is 1.10 bits per heavy atom. The van der Waals surface area contributed by atoms with Crippen molar-refractivity contribution in [3.05, 3.63) is 66.0 Å². The molecule has 2 rings (SSSR count). The molecule has 1 heterocycles. The number of aromatic nitrogens is 1. The highest BCUT2D eigenvalue weighted by Crippen LogP contribution is 2.04. The van der Waals surface area contributed by atoms with Crippen molar-refractivity contribution in [1.29, 1.82) is 0 Å². The zero-order valence-electron chi connectivity index (χ0n) is 11.4. The third-order valence-corrected chi connectivity index (χ3v) is 3.00. The highest BCUT2D eigenvalue weighted by Gasteiger charge is 2.20. The first-order valence-corrected chi connectivity index (χ1v) is 6.60. The number of hydrogen-bond acceptors (Lipinski definition) is 3. The normalized spacial score (nSPS) is 11.6. The Labute approximate surface area is 122 Å². The minimum atomic E-state index is -1.04. The zero-order chi connectivity index (χ0) is 15.1. The molecule has 1 atom stereocenters. The molecule has 0 saturated heterocycles. The summed E-state index contributed by atoms with van der Waals surface area (Å²) in [6.07, 6.45) is 3.59. The number of nitrogens with one attached hydrogen (secondary N) is 1. The molecule has 0 bridgehead atoms. The average molecular weight is 284 g/mol. The topological polar surface area (TPSA) is 79.3 Å². The lowest BCUT2D eigenvalue weighted by Crippen LogP contribution is -2.43. The largest absolute Gasteiger partial charge is 0.480 e. The smallest absolute Gasteiger partial charge is 0.326 e. The minimum Gasteiger partial charge on any atom is -0.480 e. The second-order valence-electron chi connectivity index (χ2n) is 4.69. The Bertz CT molecular complexity index is 599. The highest BCUT2D eigenvalue weighted by molar-refractivity contribution is 5.85. The summed E-state index contributed by atoms with van der Waals surface area (Å²) in [4.78, 5) is 27.1. The second kappa shape index (κ2) is 7.19. The van der Waals surface area contributed by atoms with Gasteiger partial charge in [-0.1, -0.05) is 36.4 Å². The van der Waals surface area contributed by atoms with E-state index in [0.717, 1.165) is 11.1 Å². The molecule has 5 nitrogen and oxygen atoms in total. The number of carboxylic acids is 1. The van der Waals surface area contributed by atoms with Crippen LogP contribution in [-0.2, 0) is 22.4 Å². The Morgan fingerprint density at radius 2 is 1.81 bits per heavy atom. The number of rotatable bonds is 6. The van der Waals surface area contributed by atoms with E-state index in [9.17, 15) is 14.7 Å². The quantitative estimate of drug-likeness (QED) is 0.841. The summed E-state index contributed by atoms with van der Waals surface area (Å²) >= 11 is 0. The van der Waals surface area contributed by atoms with Crippen LogP contribution in [0.15, 0.2) is 54.9 Å². The summed E-state index contributed by atoms with van der Waals surface area (Å²) in [6.45, 7) is 0. The summed E-state index contributed by atoms with van der Waals surface area (Å²) in [6, 6.07) is 11.8. The maximum absolute atomic E-state index is 11.9. The molecule has 1 unspecified atom stereocenters. The van der Waals surface area contributed by atoms with E-state index in [1.54, 1.807) is 24.5 Å². The molecule has 5 heteroatoms. The molecule has 0 fully saturated rings. The van der Waals surface area contributed by atoms with Gasteiger partial charge in [-0.05, 0) is 17.2 Å². The van der Waals surface area contributed by atoms with Crippen LogP contribution in [0.25, 0.3) is 0 Å². The van der Waals surface area contributed by atoms with Crippen LogP contribution in [0.5, 0.6) is 0 Å². The van der Waals surface area contributed by atoms with Crippen LogP contribution in [0.3, 0.4) is 0 Å². The maximum atomic E-state index is 11.9. The van der Waals surface area contributed by atoms with Gasteiger partial charge in [0.1, 0.15) is 6.04 Å². The molecule has 0 aliphatic heterocycles. The third-order valence-electron chi connectivity index (χ3n) is 3.00. The first-order chi connectivity index (χ1) is 10.1. The molecule has 0 spiro atoms. The van der Waals surface area contributed by atoms with Crippen LogP contribution >= 0.6 is 0 Å². The summed E-state index contributed by atoms with van der Waals surface area (Å²) < 4.78 is 0. The van der Waals surface area contributed by atoms with Gasteiger partial charge < -0.3 is 10.4 Å². The molecule has 1 aromatic carbocycles. The van der Waals surface area contributed by atoms with Crippen LogP contribution in [0.1, 0.15) is 11.1 Å². The van der Waals surface area contributed by atoms with E-state index < -0.39 is 12.0 Å². The Morgan fingerprint density at radius 3 is 2.43 bits per heavy atom. The van der Waals surface area contributed by atoms with E-state index in [2.05, 4.69) is 10.3 Å². The number of pyridine rings is 1. The van der Waals surface area contributed by atoms with Crippen molar-refractivity contribution in [3.8, 4) is 0 Å². The number of nitrogens with zero attached hydrogens (tertiary/aromatic N) is 1. The molecule has 1 aromatic heterocycles. The lowest BCUT2D eigenvalue weighted by atomic mass is 10.1. The van der Waals surface area contributed by atoms with Crippen molar-refractivity contribution >= 4 is 11.9 Å². The van der Waals surface area contributed by atoms with Gasteiger partial charge in [-0.2, -0.15) is 0 Å². The van der Waals surface area contributed by atoms with Crippen molar-refractivity contribution in [1.82, 2.24) is 10.3 Å². The molecule has 2 N–H and O–H groups in total. The fourth-order valence-corrected chi connectivity index (χ4v) is 1.98. The Balaban J connectivity index is 1.96. The number of amides is 1. The highest BCUT2D eigenvalue weighted by atomic mass is 16.4. The second-order valence-corrected chi connectivity index (χ2v) is 4.69. The molecular formula is C16H16N2O3. The van der Waals surface area contributed by atoms with Crippen LogP contribution in [-0.4, -0.2) is 28.0 Å². The zero-order valence-corrected chi connectivity index (χ0v) is 11.4. The molecule has 0 aliphatic rings. The summed E-state index contributed by atoms with van der Waals surface area (Å²) in [5.41, 5.74) is 1.62. The predicted octanol–water partition coefficient (Wildman–Crippen LogP) is 1.44. The van der Waals surface area contributed by atoms with Gasteiger partial charge in [0, 0.05) is 18.8 Å². The van der Waals surface area contributed by atoms with Crippen molar-refractivity contribution in [2.75, 3.05) is 0 Å². The van der Waals surface area contributed by atoms with Gasteiger partial charge in [0.2, 0.25) is 5.91 Å². The van der Waals surface area contributed by atoms with E-state index >= 15 is 0 Å². The lowest BCUT2D eigenvalue weighted by molar-refractivity contribution is -0.141. The van der Waals surface area contributed by atoms with E-state index in [1.807, 2.05) is 30.3 Å². The Kier molecular flexibility index (Phi) is 5.04. The number of aliphatic carboxylic acids is 1. The number of carbonyl (C=O) groups is 2. The first kappa shape index (κ1) is 14.7. The monoisotopic (exact) mass is 284 g/mol. The number of benzene rings is 1. The Hall–Kier alpha value is -2.69. The van der Waals surface area contributed by atoms with Crippen LogP contribution in [0, 0.1) is 0 Å². The van der Waals surface area contributed by atoms with Gasteiger partial charge in [0.05, 0.1) is 6.42 Å². The van der Waals surface area contributed by atoms with Crippen molar-refractivity contribution in [3.63, 3.8) is 0 Å². The van der Waals surface area contributed by atoms with Crippen molar-refractivity contribution in [2.24, 2.45) is 0 Å². The maximum Gasteiger partial charge on any atom is 0.326 e. The SMILES string of the molecule is O=C(Cc1cccnc1)NC(Cc1ccccc1)C(=O)O. The van der Waals surface area contributed by atoms with Crippen molar-refractivity contribution < 1.29 is 14.7 Å². The van der Waals surface area contributed by atoms with Crippen LogP contribution in [0.4, 0.5) is 0 Å².